The van der Waals surface area contributed by atoms with Crippen molar-refractivity contribution in [2.75, 3.05) is 18.0 Å². The first-order chi connectivity index (χ1) is 11.7. The number of nitrogens with zero attached hydrogens (tertiary/aromatic N) is 2. The topological polar surface area (TPSA) is 23.6 Å². The summed E-state index contributed by atoms with van der Waals surface area (Å²) in [6.07, 6.45) is 2.38. The van der Waals surface area contributed by atoms with Crippen molar-refractivity contribution in [2.24, 2.45) is 0 Å². The molecule has 4 heteroatoms. The van der Waals surface area contributed by atoms with Crippen LogP contribution < -0.4 is 4.90 Å². The summed E-state index contributed by atoms with van der Waals surface area (Å²) in [5, 5.41) is 0.641. The summed E-state index contributed by atoms with van der Waals surface area (Å²) in [6.45, 7) is 4.11. The van der Waals surface area contributed by atoms with Gasteiger partial charge < -0.3 is 4.90 Å². The van der Waals surface area contributed by atoms with E-state index in [0.717, 1.165) is 41.3 Å². The van der Waals surface area contributed by atoms with Crippen molar-refractivity contribution in [3.8, 4) is 0 Å². The predicted molar refractivity (Wildman–Crippen MR) is 98.4 cm³/mol. The maximum atomic E-state index is 13.3. The van der Waals surface area contributed by atoms with E-state index in [1.54, 1.807) is 4.90 Å². The number of carbonyl (C=O) groups is 1. The Bertz CT molecular complexity index is 823. The number of anilines is 2. The van der Waals surface area contributed by atoms with E-state index in [4.69, 9.17) is 11.6 Å². The van der Waals surface area contributed by atoms with Crippen molar-refractivity contribution in [1.82, 2.24) is 4.90 Å². The average Bonchev–Trinajstić information content (AvgIpc) is 3.21. The highest BCUT2D eigenvalue weighted by Gasteiger charge is 2.36. The molecule has 0 N–H and O–H groups in total. The van der Waals surface area contributed by atoms with Crippen LogP contribution in [0.3, 0.4) is 0 Å². The molecule has 0 aliphatic carbocycles. The molecule has 0 spiro atoms. The maximum absolute atomic E-state index is 13.3. The van der Waals surface area contributed by atoms with Crippen LogP contribution in [0.2, 0.25) is 5.02 Å². The van der Waals surface area contributed by atoms with E-state index < -0.39 is 0 Å². The van der Waals surface area contributed by atoms with Crippen LogP contribution in [0.25, 0.3) is 5.57 Å². The normalized spacial score (nSPS) is 19.0. The number of hydrogen-bond acceptors (Lipinski definition) is 2. The number of halogens is 1. The second-order valence-corrected chi connectivity index (χ2v) is 6.73. The molecule has 122 valence electrons. The van der Waals surface area contributed by atoms with Crippen LogP contribution in [-0.4, -0.2) is 23.9 Å². The van der Waals surface area contributed by atoms with Crippen molar-refractivity contribution in [3.63, 3.8) is 0 Å². The first kappa shape index (κ1) is 15.3. The van der Waals surface area contributed by atoms with Crippen LogP contribution in [0.5, 0.6) is 0 Å². The number of likely N-dealkylation sites (tertiary alicyclic amines) is 1. The molecule has 1 fully saturated rings. The third-order valence-corrected chi connectivity index (χ3v) is 5.08. The number of hydrogen-bond donors (Lipinski definition) is 0. The van der Waals surface area contributed by atoms with Gasteiger partial charge in [0, 0.05) is 35.1 Å². The van der Waals surface area contributed by atoms with Gasteiger partial charge in [-0.15, -0.1) is 0 Å². The van der Waals surface area contributed by atoms with Gasteiger partial charge in [0.1, 0.15) is 0 Å². The lowest BCUT2D eigenvalue weighted by molar-refractivity contribution is -0.112. The predicted octanol–water partition coefficient (Wildman–Crippen LogP) is 4.85. The summed E-state index contributed by atoms with van der Waals surface area (Å²) < 4.78 is 0. The maximum Gasteiger partial charge on any atom is 0.265 e. The van der Waals surface area contributed by atoms with E-state index in [2.05, 4.69) is 11.8 Å². The van der Waals surface area contributed by atoms with E-state index in [1.165, 1.54) is 12.8 Å². The highest BCUT2D eigenvalue weighted by Crippen LogP contribution is 2.44. The Morgan fingerprint density at radius 2 is 1.75 bits per heavy atom. The summed E-state index contributed by atoms with van der Waals surface area (Å²) in [5.74, 6) is 0.0304. The molecular weight excluding hydrogens is 320 g/mol. The zero-order valence-electron chi connectivity index (χ0n) is 13.6. The molecular formula is C20H19ClN2O. The summed E-state index contributed by atoms with van der Waals surface area (Å²) >= 11 is 6.21. The van der Waals surface area contributed by atoms with Crippen LogP contribution in [0.4, 0.5) is 11.4 Å². The number of benzene rings is 2. The number of fused-ring (bicyclic) bond motifs is 1. The summed E-state index contributed by atoms with van der Waals surface area (Å²) in [7, 11) is 0. The molecule has 1 saturated heterocycles. The monoisotopic (exact) mass is 338 g/mol. The van der Waals surface area contributed by atoms with Crippen LogP contribution in [0.15, 0.2) is 54.2 Å². The van der Waals surface area contributed by atoms with Crippen LogP contribution in [0.1, 0.15) is 25.3 Å². The molecule has 0 bridgehead atoms. The summed E-state index contributed by atoms with van der Waals surface area (Å²) in [6, 6.07) is 15.5. The minimum atomic E-state index is 0.0304. The average molecular weight is 339 g/mol. The minimum absolute atomic E-state index is 0.0304. The molecule has 2 aliphatic rings. The third kappa shape index (κ3) is 2.40. The lowest BCUT2D eigenvalue weighted by Gasteiger charge is -2.21. The van der Waals surface area contributed by atoms with Gasteiger partial charge in [0.15, 0.2) is 0 Å². The second kappa shape index (κ2) is 5.99. The Labute approximate surface area is 147 Å². The number of amides is 1. The van der Waals surface area contributed by atoms with Crippen molar-refractivity contribution in [2.45, 2.75) is 19.8 Å². The Morgan fingerprint density at radius 1 is 1.04 bits per heavy atom. The molecule has 2 aromatic rings. The van der Waals surface area contributed by atoms with Crippen molar-refractivity contribution >= 4 is 34.5 Å². The van der Waals surface area contributed by atoms with Crippen LogP contribution in [-0.2, 0) is 4.79 Å². The third-order valence-electron chi connectivity index (χ3n) is 4.84. The summed E-state index contributed by atoms with van der Waals surface area (Å²) in [4.78, 5) is 17.4. The molecule has 3 nitrogen and oxygen atoms in total. The zero-order chi connectivity index (χ0) is 16.7. The van der Waals surface area contributed by atoms with Gasteiger partial charge in [0.05, 0.1) is 11.3 Å². The fourth-order valence-electron chi connectivity index (χ4n) is 3.63. The van der Waals surface area contributed by atoms with Gasteiger partial charge in [-0.1, -0.05) is 35.9 Å². The smallest absolute Gasteiger partial charge is 0.265 e. The molecule has 2 aliphatic heterocycles. The van der Waals surface area contributed by atoms with Gasteiger partial charge in [0.25, 0.3) is 5.91 Å². The van der Waals surface area contributed by atoms with Crippen molar-refractivity contribution in [1.29, 1.82) is 0 Å². The van der Waals surface area contributed by atoms with Gasteiger partial charge in [-0.05, 0) is 44.0 Å². The van der Waals surface area contributed by atoms with Crippen molar-refractivity contribution in [3.05, 3.63) is 64.8 Å². The van der Waals surface area contributed by atoms with Gasteiger partial charge >= 0.3 is 0 Å². The Morgan fingerprint density at radius 3 is 2.46 bits per heavy atom. The zero-order valence-corrected chi connectivity index (χ0v) is 14.4. The molecule has 0 atom stereocenters. The molecule has 2 heterocycles. The van der Waals surface area contributed by atoms with E-state index >= 15 is 0 Å². The van der Waals surface area contributed by atoms with E-state index in [0.29, 0.717) is 5.02 Å². The fraction of sp³-hybridized carbons (Fsp3) is 0.250. The Kier molecular flexibility index (Phi) is 3.81. The highest BCUT2D eigenvalue weighted by molar-refractivity contribution is 6.37. The summed E-state index contributed by atoms with van der Waals surface area (Å²) in [5.41, 5.74) is 4.58. The largest absolute Gasteiger partial charge is 0.374 e. The standard InChI is InChI=1S/C20H19ClN2O/c1-14(22-11-5-6-12-22)19-17-10-9-15(21)13-18(17)23(20(19)24)16-7-3-2-4-8-16/h2-4,7-10,13H,5-6,11-12H2,1H3/b19-14-. The quantitative estimate of drug-likeness (QED) is 0.731. The number of carbonyl (C=O) groups excluding carboxylic acids is 1. The van der Waals surface area contributed by atoms with Crippen LogP contribution in [0, 0.1) is 0 Å². The van der Waals surface area contributed by atoms with E-state index in [-0.39, 0.29) is 5.91 Å². The lowest BCUT2D eigenvalue weighted by atomic mass is 10.1. The van der Waals surface area contributed by atoms with E-state index in [9.17, 15) is 4.79 Å². The molecule has 1 amide bonds. The fourth-order valence-corrected chi connectivity index (χ4v) is 3.80. The van der Waals surface area contributed by atoms with Gasteiger partial charge in [-0.3, -0.25) is 9.69 Å². The molecule has 2 aromatic carbocycles. The second-order valence-electron chi connectivity index (χ2n) is 6.29. The molecule has 0 saturated carbocycles. The number of allylic oxidation sites excluding steroid dienone is 1. The van der Waals surface area contributed by atoms with Crippen molar-refractivity contribution < 1.29 is 4.79 Å². The first-order valence-electron chi connectivity index (χ1n) is 8.32. The van der Waals surface area contributed by atoms with Gasteiger partial charge in [0.2, 0.25) is 0 Å². The lowest BCUT2D eigenvalue weighted by Crippen LogP contribution is -2.24. The van der Waals surface area contributed by atoms with Gasteiger partial charge in [-0.2, -0.15) is 0 Å². The Balaban J connectivity index is 1.89. The van der Waals surface area contributed by atoms with Crippen LogP contribution >= 0.6 is 11.6 Å². The molecule has 4 rings (SSSR count). The minimum Gasteiger partial charge on any atom is -0.374 e. The Hall–Kier alpha value is -2.26. The first-order valence-corrected chi connectivity index (χ1v) is 8.70. The molecule has 0 radical (unpaired) electrons. The number of para-hydroxylation sites is 1. The molecule has 0 unspecified atom stereocenters. The number of rotatable bonds is 2. The van der Waals surface area contributed by atoms with Gasteiger partial charge in [-0.25, -0.2) is 0 Å². The SMILES string of the molecule is C/C(=C1/C(=O)N(c2ccccc2)c2cc(Cl)ccc21)N1CCCC1. The molecule has 0 aromatic heterocycles. The van der Waals surface area contributed by atoms with E-state index in [1.807, 2.05) is 48.5 Å². The highest BCUT2D eigenvalue weighted by atomic mass is 35.5. The molecule has 24 heavy (non-hydrogen) atoms.